The summed E-state index contributed by atoms with van der Waals surface area (Å²) in [4.78, 5) is 13.2. The van der Waals surface area contributed by atoms with Crippen molar-refractivity contribution in [1.82, 2.24) is 15.2 Å². The number of hydrogen-bond donors (Lipinski definition) is 1. The first kappa shape index (κ1) is 14.4. The van der Waals surface area contributed by atoms with Crippen LogP contribution < -0.4 is 0 Å². The van der Waals surface area contributed by atoms with Gasteiger partial charge >= 0.3 is 11.9 Å². The number of nitrogens with zero attached hydrogens (tertiary/aromatic N) is 3. The van der Waals surface area contributed by atoms with Crippen molar-refractivity contribution in [2.75, 3.05) is 0 Å². The lowest BCUT2D eigenvalue weighted by Crippen LogP contribution is -2.07. The molecule has 11 heteroatoms. The van der Waals surface area contributed by atoms with Crippen LogP contribution in [0.3, 0.4) is 0 Å². The standard InChI is InChI=1S/C9H3BrF4N4O2/c10-8-7(18(19)20)6(16-17-8)5-4(11)1-3(2-15-5)9(12,13)14/h1-2H,(H,16,17). The van der Waals surface area contributed by atoms with Crippen LogP contribution in [0.15, 0.2) is 16.9 Å². The molecule has 106 valence electrons. The molecule has 2 rings (SSSR count). The highest BCUT2D eigenvalue weighted by molar-refractivity contribution is 9.10. The SMILES string of the molecule is O=[N+]([O-])c1c(-c2ncc(C(F)(F)F)cc2F)n[nH]c1Br. The fourth-order valence-electron chi connectivity index (χ4n) is 1.41. The highest BCUT2D eigenvalue weighted by Gasteiger charge is 2.33. The van der Waals surface area contributed by atoms with Crippen molar-refractivity contribution in [3.63, 3.8) is 0 Å². The Hall–Kier alpha value is -2.04. The van der Waals surface area contributed by atoms with E-state index in [0.717, 1.165) is 0 Å². The third-order valence-electron chi connectivity index (χ3n) is 2.27. The summed E-state index contributed by atoms with van der Waals surface area (Å²) in [6.07, 6.45) is -4.38. The van der Waals surface area contributed by atoms with Crippen LogP contribution in [0.2, 0.25) is 0 Å². The molecule has 1 N–H and O–H groups in total. The predicted molar refractivity (Wildman–Crippen MR) is 61.1 cm³/mol. The quantitative estimate of drug-likeness (QED) is 0.509. The maximum Gasteiger partial charge on any atom is 0.417 e. The second-order valence-corrected chi connectivity index (χ2v) is 4.34. The molecule has 2 aromatic rings. The summed E-state index contributed by atoms with van der Waals surface area (Å²) in [6.45, 7) is 0. The molecule has 0 unspecified atom stereocenters. The van der Waals surface area contributed by atoms with Crippen LogP contribution >= 0.6 is 15.9 Å². The predicted octanol–water partition coefficient (Wildman–Crippen LogP) is 3.30. The molecule has 2 heterocycles. The Kier molecular flexibility index (Phi) is 3.46. The van der Waals surface area contributed by atoms with Crippen LogP contribution in [0.4, 0.5) is 23.2 Å². The number of aromatic amines is 1. The number of rotatable bonds is 2. The molecule has 0 aliphatic carbocycles. The van der Waals surface area contributed by atoms with Gasteiger partial charge in [-0.05, 0) is 22.0 Å². The van der Waals surface area contributed by atoms with Gasteiger partial charge in [0.2, 0.25) is 0 Å². The Morgan fingerprint density at radius 3 is 2.50 bits per heavy atom. The average Bonchev–Trinajstić information content (AvgIpc) is 2.69. The molecule has 0 fully saturated rings. The first-order valence-electron chi connectivity index (χ1n) is 4.83. The minimum atomic E-state index is -4.76. The highest BCUT2D eigenvalue weighted by Crippen LogP contribution is 2.36. The monoisotopic (exact) mass is 354 g/mol. The smallest absolute Gasteiger partial charge is 0.264 e. The van der Waals surface area contributed by atoms with Gasteiger partial charge in [-0.15, -0.1) is 0 Å². The normalized spacial score (nSPS) is 11.7. The van der Waals surface area contributed by atoms with E-state index in [1.54, 1.807) is 0 Å². The van der Waals surface area contributed by atoms with E-state index in [1.807, 2.05) is 0 Å². The average molecular weight is 355 g/mol. The van der Waals surface area contributed by atoms with Crippen molar-refractivity contribution in [2.24, 2.45) is 0 Å². The van der Waals surface area contributed by atoms with Gasteiger partial charge in [0.05, 0.1) is 10.5 Å². The fraction of sp³-hybridized carbons (Fsp3) is 0.111. The summed E-state index contributed by atoms with van der Waals surface area (Å²) in [5.41, 5.74) is -3.05. The number of H-pyrrole nitrogens is 1. The van der Waals surface area contributed by atoms with Gasteiger partial charge in [0.1, 0.15) is 5.69 Å². The second kappa shape index (κ2) is 4.81. The summed E-state index contributed by atoms with van der Waals surface area (Å²) in [7, 11) is 0. The van der Waals surface area contributed by atoms with Gasteiger partial charge < -0.3 is 0 Å². The van der Waals surface area contributed by atoms with Crippen molar-refractivity contribution in [3.05, 3.63) is 38.4 Å². The number of aromatic nitrogens is 3. The maximum absolute atomic E-state index is 13.7. The van der Waals surface area contributed by atoms with Gasteiger partial charge in [0, 0.05) is 6.20 Å². The molecule has 0 aliphatic rings. The largest absolute Gasteiger partial charge is 0.417 e. The Morgan fingerprint density at radius 1 is 1.35 bits per heavy atom. The molecule has 6 nitrogen and oxygen atoms in total. The van der Waals surface area contributed by atoms with Crippen molar-refractivity contribution >= 4 is 21.6 Å². The van der Waals surface area contributed by atoms with Gasteiger partial charge in [-0.25, -0.2) is 4.39 Å². The van der Waals surface area contributed by atoms with Crippen molar-refractivity contribution in [3.8, 4) is 11.4 Å². The minimum absolute atomic E-state index is 0.140. The molecule has 0 aromatic carbocycles. The Labute approximate surface area is 116 Å². The topological polar surface area (TPSA) is 84.7 Å². The summed E-state index contributed by atoms with van der Waals surface area (Å²) in [5, 5.41) is 16.4. The molecule has 0 amide bonds. The minimum Gasteiger partial charge on any atom is -0.264 e. The third kappa shape index (κ3) is 2.48. The van der Waals surface area contributed by atoms with E-state index in [1.165, 1.54) is 0 Å². The van der Waals surface area contributed by atoms with Crippen molar-refractivity contribution in [2.45, 2.75) is 6.18 Å². The molecule has 0 saturated heterocycles. The molecule has 0 atom stereocenters. The Balaban J connectivity index is 2.58. The number of nitro groups is 1. The summed E-state index contributed by atoms with van der Waals surface area (Å²) in [6, 6.07) is 0.203. The molecule has 0 bridgehead atoms. The highest BCUT2D eigenvalue weighted by atomic mass is 79.9. The number of hydrogen-bond acceptors (Lipinski definition) is 4. The molecule has 0 spiro atoms. The van der Waals surface area contributed by atoms with Crippen LogP contribution in [0, 0.1) is 15.9 Å². The van der Waals surface area contributed by atoms with Gasteiger partial charge in [-0.2, -0.15) is 18.3 Å². The zero-order valence-electron chi connectivity index (χ0n) is 9.20. The van der Waals surface area contributed by atoms with Gasteiger partial charge in [-0.3, -0.25) is 20.2 Å². The van der Waals surface area contributed by atoms with E-state index in [4.69, 9.17) is 0 Å². The maximum atomic E-state index is 13.7. The first-order chi connectivity index (χ1) is 9.21. The van der Waals surface area contributed by atoms with E-state index in [2.05, 4.69) is 31.1 Å². The first-order valence-corrected chi connectivity index (χ1v) is 5.62. The zero-order valence-corrected chi connectivity index (χ0v) is 10.8. The molecular formula is C9H3BrF4N4O2. The van der Waals surface area contributed by atoms with E-state index >= 15 is 0 Å². The van der Waals surface area contributed by atoms with E-state index < -0.39 is 39.6 Å². The van der Waals surface area contributed by atoms with Crippen LogP contribution in [0.25, 0.3) is 11.4 Å². The summed E-state index contributed by atoms with van der Waals surface area (Å²) in [5.74, 6) is -1.36. The Morgan fingerprint density at radius 2 is 2.00 bits per heavy atom. The summed E-state index contributed by atoms with van der Waals surface area (Å²) >= 11 is 2.80. The number of nitrogens with one attached hydrogen (secondary N) is 1. The van der Waals surface area contributed by atoms with E-state index in [-0.39, 0.29) is 10.7 Å². The summed E-state index contributed by atoms with van der Waals surface area (Å²) < 4.78 is 50.6. The van der Waals surface area contributed by atoms with Crippen molar-refractivity contribution in [1.29, 1.82) is 0 Å². The molecular weight excluding hydrogens is 352 g/mol. The lowest BCUT2D eigenvalue weighted by molar-refractivity contribution is -0.385. The molecule has 2 aromatic heterocycles. The van der Waals surface area contributed by atoms with Crippen molar-refractivity contribution < 1.29 is 22.5 Å². The lowest BCUT2D eigenvalue weighted by atomic mass is 10.2. The van der Waals surface area contributed by atoms with E-state index in [9.17, 15) is 27.7 Å². The Bertz CT molecular complexity index is 685. The zero-order chi connectivity index (χ0) is 15.1. The number of alkyl halides is 3. The van der Waals surface area contributed by atoms with Gasteiger partial charge in [0.25, 0.3) is 0 Å². The number of halogens is 5. The molecule has 0 aliphatic heterocycles. The lowest BCUT2D eigenvalue weighted by Gasteiger charge is -2.07. The van der Waals surface area contributed by atoms with Crippen LogP contribution in [0.5, 0.6) is 0 Å². The van der Waals surface area contributed by atoms with Gasteiger partial charge in [-0.1, -0.05) is 0 Å². The molecule has 0 saturated carbocycles. The number of pyridine rings is 1. The second-order valence-electron chi connectivity index (χ2n) is 3.54. The molecule has 0 radical (unpaired) electrons. The van der Waals surface area contributed by atoms with E-state index in [0.29, 0.717) is 6.20 Å². The van der Waals surface area contributed by atoms with Gasteiger partial charge in [0.15, 0.2) is 16.1 Å². The fourth-order valence-corrected chi connectivity index (χ4v) is 1.83. The van der Waals surface area contributed by atoms with Crippen LogP contribution in [-0.4, -0.2) is 20.1 Å². The third-order valence-corrected chi connectivity index (χ3v) is 2.83. The van der Waals surface area contributed by atoms with Crippen LogP contribution in [0.1, 0.15) is 5.56 Å². The molecule has 20 heavy (non-hydrogen) atoms. The van der Waals surface area contributed by atoms with Crippen LogP contribution in [-0.2, 0) is 6.18 Å².